The molecule has 0 bridgehead atoms. The second-order valence-electron chi connectivity index (χ2n) is 5.19. The van der Waals surface area contributed by atoms with Crippen molar-refractivity contribution in [1.82, 2.24) is 4.98 Å². The zero-order valence-electron chi connectivity index (χ0n) is 15.7. The number of nitrogens with one attached hydrogen (secondary N) is 3. The average molecular weight is 476 g/mol. The molecule has 2 aromatic rings. The van der Waals surface area contributed by atoms with Crippen LogP contribution >= 0.6 is 46.4 Å². The van der Waals surface area contributed by atoms with Gasteiger partial charge in [0.1, 0.15) is 16.7 Å². The van der Waals surface area contributed by atoms with Crippen LogP contribution in [0.25, 0.3) is 0 Å². The topological polar surface area (TPSA) is 94.9 Å². The van der Waals surface area contributed by atoms with Crippen LogP contribution in [0.1, 0.15) is 31.1 Å². The molecule has 1 amide bonds. The lowest BCUT2D eigenvalue weighted by Crippen LogP contribution is -2.22. The van der Waals surface area contributed by atoms with E-state index < -0.39 is 11.1 Å². The molecule has 0 atom stereocenters. The fraction of sp³-hybridized carbons (Fsp3) is 0.158. The Kier molecular flexibility index (Phi) is 10.1. The third kappa shape index (κ3) is 7.33. The molecule has 2 rings (SSSR count). The number of rotatable bonds is 6. The Morgan fingerprint density at radius 1 is 1.10 bits per heavy atom. The number of carbonyl (C=O) groups is 2. The van der Waals surface area contributed by atoms with Crippen molar-refractivity contribution >= 4 is 74.8 Å². The summed E-state index contributed by atoms with van der Waals surface area (Å²) in [5.41, 5.74) is 0.0904. The minimum absolute atomic E-state index is 0.0808. The summed E-state index contributed by atoms with van der Waals surface area (Å²) in [5, 5.41) is 12.8. The molecule has 6 nitrogen and oxygen atoms in total. The number of aromatic nitrogens is 1. The molecule has 1 heterocycles. The van der Waals surface area contributed by atoms with Crippen molar-refractivity contribution in [1.29, 1.82) is 5.41 Å². The van der Waals surface area contributed by atoms with Gasteiger partial charge >= 0.3 is 0 Å². The minimum Gasteiger partial charge on any atom is -0.334 e. The highest BCUT2D eigenvalue weighted by molar-refractivity contribution is 6.67. The molecule has 0 spiro atoms. The predicted molar refractivity (Wildman–Crippen MR) is 121 cm³/mol. The summed E-state index contributed by atoms with van der Waals surface area (Å²) in [6.07, 6.45) is 2.54. The second-order valence-corrected chi connectivity index (χ2v) is 6.84. The van der Waals surface area contributed by atoms with Crippen molar-refractivity contribution in [3.63, 3.8) is 0 Å². The first kappa shape index (κ1) is 24.9. The molecule has 29 heavy (non-hydrogen) atoms. The van der Waals surface area contributed by atoms with E-state index in [0.717, 1.165) is 6.08 Å². The van der Waals surface area contributed by atoms with E-state index in [1.165, 1.54) is 25.3 Å². The number of amides is 1. The quantitative estimate of drug-likeness (QED) is 0.255. The number of halogens is 4. The number of benzene rings is 1. The lowest BCUT2D eigenvalue weighted by Gasteiger charge is -2.15. The number of carbonyl (C=O) groups excluding carboxylic acids is 2. The van der Waals surface area contributed by atoms with Gasteiger partial charge in [-0.15, -0.1) is 0 Å². The maximum atomic E-state index is 12.7. The number of nitrogens with zero attached hydrogens (tertiary/aromatic N) is 1. The molecule has 0 aliphatic rings. The van der Waals surface area contributed by atoms with Gasteiger partial charge in [0.15, 0.2) is 5.78 Å². The molecule has 10 heteroatoms. The molecule has 0 aliphatic heterocycles. The molecular weight excluding hydrogens is 458 g/mol. The molecule has 154 valence electrons. The highest BCUT2D eigenvalue weighted by Crippen LogP contribution is 2.31. The van der Waals surface area contributed by atoms with Crippen LogP contribution in [-0.2, 0) is 4.79 Å². The fourth-order valence-electron chi connectivity index (χ4n) is 2.05. The number of allylic oxidation sites excluding steroid dienone is 1. The van der Waals surface area contributed by atoms with Gasteiger partial charge in [-0.1, -0.05) is 60.3 Å². The average Bonchev–Trinajstić information content (AvgIpc) is 2.65. The number of hydrogen-bond donors (Lipinski definition) is 3. The van der Waals surface area contributed by atoms with Crippen LogP contribution in [0.4, 0.5) is 11.5 Å². The van der Waals surface area contributed by atoms with E-state index in [9.17, 15) is 9.59 Å². The second kappa shape index (κ2) is 11.8. The van der Waals surface area contributed by atoms with Crippen LogP contribution in [0.3, 0.4) is 0 Å². The molecule has 0 fully saturated rings. The van der Waals surface area contributed by atoms with Crippen molar-refractivity contribution in [3.05, 3.63) is 62.9 Å². The summed E-state index contributed by atoms with van der Waals surface area (Å²) in [5.74, 6) is -0.868. The van der Waals surface area contributed by atoms with E-state index in [4.69, 9.17) is 51.8 Å². The van der Waals surface area contributed by atoms with Crippen LogP contribution in [0.15, 0.2) is 42.2 Å². The zero-order valence-corrected chi connectivity index (χ0v) is 18.8. The molecule has 1 aromatic carbocycles. The summed E-state index contributed by atoms with van der Waals surface area (Å²) in [7, 11) is 0. The minimum atomic E-state index is -0.714. The number of hydrogen-bond acceptors (Lipinski definition) is 5. The monoisotopic (exact) mass is 474 g/mol. The summed E-state index contributed by atoms with van der Waals surface area (Å²) in [4.78, 5) is 28.6. The van der Waals surface area contributed by atoms with E-state index in [0.29, 0.717) is 0 Å². The van der Waals surface area contributed by atoms with Gasteiger partial charge in [0.25, 0.3) is 5.91 Å². The third-order valence-electron chi connectivity index (χ3n) is 3.20. The molecule has 0 unspecified atom stereocenters. The highest BCUT2D eigenvalue weighted by atomic mass is 35.5. The number of anilines is 2. The summed E-state index contributed by atoms with van der Waals surface area (Å²) >= 11 is 23.7. The van der Waals surface area contributed by atoms with Crippen LogP contribution in [-0.4, -0.2) is 21.8 Å². The summed E-state index contributed by atoms with van der Waals surface area (Å²) in [6.45, 7) is 5.31. The highest BCUT2D eigenvalue weighted by Gasteiger charge is 2.19. The normalized spacial score (nSPS) is 10.5. The molecule has 0 aliphatic carbocycles. The smallest absolute Gasteiger partial charge is 0.272 e. The molecule has 3 N–H and O–H groups in total. The van der Waals surface area contributed by atoms with Crippen molar-refractivity contribution in [2.75, 3.05) is 10.6 Å². The van der Waals surface area contributed by atoms with Gasteiger partial charge in [-0.05, 0) is 31.2 Å². The molecule has 0 saturated heterocycles. The Bertz CT molecular complexity index is 961. The zero-order chi connectivity index (χ0) is 22.1. The number of Topliss-reactive ketones (excluding diaryl/α,β-unsaturated/α-hetero) is 1. The molecular formula is C19H18Cl4N4O2. The number of ketones is 1. The van der Waals surface area contributed by atoms with Gasteiger partial charge < -0.3 is 10.6 Å². The van der Waals surface area contributed by atoms with Crippen molar-refractivity contribution in [3.8, 4) is 0 Å². The van der Waals surface area contributed by atoms with Crippen LogP contribution < -0.4 is 10.6 Å². The van der Waals surface area contributed by atoms with Gasteiger partial charge in [0.2, 0.25) is 0 Å². The van der Waals surface area contributed by atoms with E-state index >= 15 is 0 Å². The van der Waals surface area contributed by atoms with Crippen LogP contribution in [0.2, 0.25) is 15.1 Å². The SMILES string of the molecule is CC.CC(=O)c1cc(Cl)cc(Cl)c1NC(=O)/C(=C/C(=N)Cl)Nc1ncccc1Cl. The first-order valence-electron chi connectivity index (χ1n) is 8.33. The van der Waals surface area contributed by atoms with Gasteiger partial charge in [0, 0.05) is 22.9 Å². The maximum absolute atomic E-state index is 12.7. The van der Waals surface area contributed by atoms with E-state index in [1.807, 2.05) is 13.8 Å². The van der Waals surface area contributed by atoms with Gasteiger partial charge in [-0.2, -0.15) is 0 Å². The Balaban J connectivity index is 0.00000204. The van der Waals surface area contributed by atoms with Crippen LogP contribution in [0.5, 0.6) is 0 Å². The molecule has 0 radical (unpaired) electrons. The van der Waals surface area contributed by atoms with Crippen LogP contribution in [0, 0.1) is 5.41 Å². The molecule has 1 aromatic heterocycles. The summed E-state index contributed by atoms with van der Waals surface area (Å²) in [6, 6.07) is 5.97. The Morgan fingerprint density at radius 2 is 1.76 bits per heavy atom. The van der Waals surface area contributed by atoms with Crippen molar-refractivity contribution in [2.45, 2.75) is 20.8 Å². The van der Waals surface area contributed by atoms with Crippen molar-refractivity contribution < 1.29 is 9.59 Å². The van der Waals surface area contributed by atoms with E-state index in [2.05, 4.69) is 15.6 Å². The maximum Gasteiger partial charge on any atom is 0.272 e. The molecule has 0 saturated carbocycles. The standard InChI is InChI=1S/C17H12Cl4N4O2.C2H6/c1-8(26)10-5-9(18)6-12(20)15(10)25-17(27)13(7-14(21)22)24-16-11(19)3-2-4-23-16;1-2/h2-7,22H,1H3,(H,23,24)(H,25,27);1-2H3/b13-7-,22-14?;. The third-order valence-corrected chi connectivity index (χ3v) is 4.13. The fourth-order valence-corrected chi connectivity index (χ4v) is 2.87. The Morgan fingerprint density at radius 3 is 2.31 bits per heavy atom. The van der Waals surface area contributed by atoms with Gasteiger partial charge in [0.05, 0.1) is 15.7 Å². The van der Waals surface area contributed by atoms with Gasteiger partial charge in [-0.3, -0.25) is 15.0 Å². The Labute approximate surface area is 188 Å². The first-order valence-corrected chi connectivity index (χ1v) is 9.85. The van der Waals surface area contributed by atoms with Crippen molar-refractivity contribution in [2.24, 2.45) is 0 Å². The predicted octanol–water partition coefficient (Wildman–Crippen LogP) is 6.42. The first-order chi connectivity index (χ1) is 13.7. The number of pyridine rings is 1. The van der Waals surface area contributed by atoms with Gasteiger partial charge in [-0.25, -0.2) is 4.98 Å². The largest absolute Gasteiger partial charge is 0.334 e. The summed E-state index contributed by atoms with van der Waals surface area (Å²) < 4.78 is 0. The van der Waals surface area contributed by atoms with E-state index in [-0.39, 0.29) is 43.6 Å². The Hall–Kier alpha value is -2.12. The van der Waals surface area contributed by atoms with E-state index in [1.54, 1.807) is 12.1 Å². The lowest BCUT2D eigenvalue weighted by molar-refractivity contribution is -0.112. The lowest BCUT2D eigenvalue weighted by atomic mass is 10.1.